The molecule has 1 fully saturated rings. The predicted octanol–water partition coefficient (Wildman–Crippen LogP) is 1.83. The van der Waals surface area contributed by atoms with Gasteiger partial charge in [0.15, 0.2) is 11.5 Å². The molecule has 92 valence electrons. The highest BCUT2D eigenvalue weighted by molar-refractivity contribution is 5.94. The summed E-state index contributed by atoms with van der Waals surface area (Å²) < 4.78 is 0. The summed E-state index contributed by atoms with van der Waals surface area (Å²) in [6, 6.07) is 4.14. The molecule has 1 amide bonds. The molecule has 0 aliphatic heterocycles. The molecule has 1 aliphatic carbocycles. The molecular weight excluding hydrogens is 218 g/mol. The average molecular weight is 235 g/mol. The lowest BCUT2D eigenvalue weighted by molar-refractivity contribution is 0.0786. The standard InChI is InChI=1S/C13H17NO3/c1-8-5-10(8)7-14(2)13(17)9-3-4-11(15)12(16)6-9/h3-4,6,8,10,15-16H,5,7H2,1-2H3. The van der Waals surface area contributed by atoms with Crippen LogP contribution < -0.4 is 0 Å². The lowest BCUT2D eigenvalue weighted by Crippen LogP contribution is -2.28. The van der Waals surface area contributed by atoms with E-state index in [0.717, 1.165) is 6.54 Å². The molecule has 1 aromatic rings. The van der Waals surface area contributed by atoms with Crippen molar-refractivity contribution >= 4 is 5.91 Å². The quantitative estimate of drug-likeness (QED) is 0.786. The van der Waals surface area contributed by atoms with Crippen molar-refractivity contribution in [2.24, 2.45) is 11.8 Å². The fourth-order valence-corrected chi connectivity index (χ4v) is 1.96. The van der Waals surface area contributed by atoms with Crippen molar-refractivity contribution in [1.82, 2.24) is 4.90 Å². The Kier molecular flexibility index (Phi) is 2.96. The zero-order valence-corrected chi connectivity index (χ0v) is 10.1. The van der Waals surface area contributed by atoms with Crippen LogP contribution in [0.5, 0.6) is 11.5 Å². The number of hydrogen-bond acceptors (Lipinski definition) is 3. The Hall–Kier alpha value is -1.71. The van der Waals surface area contributed by atoms with E-state index in [2.05, 4.69) is 6.92 Å². The molecule has 0 heterocycles. The van der Waals surface area contributed by atoms with Gasteiger partial charge in [0, 0.05) is 19.2 Å². The second-order valence-corrected chi connectivity index (χ2v) is 4.86. The maximum atomic E-state index is 12.0. The Labute approximate surface area is 100 Å². The van der Waals surface area contributed by atoms with Gasteiger partial charge in [0.1, 0.15) is 0 Å². The molecule has 4 heteroatoms. The topological polar surface area (TPSA) is 60.8 Å². The van der Waals surface area contributed by atoms with E-state index >= 15 is 0 Å². The van der Waals surface area contributed by atoms with Gasteiger partial charge in [-0.1, -0.05) is 6.92 Å². The minimum Gasteiger partial charge on any atom is -0.504 e. The lowest BCUT2D eigenvalue weighted by atomic mass is 10.1. The zero-order valence-electron chi connectivity index (χ0n) is 10.1. The molecule has 0 radical (unpaired) electrons. The molecular formula is C13H17NO3. The van der Waals surface area contributed by atoms with Gasteiger partial charge in [-0.2, -0.15) is 0 Å². The minimum atomic E-state index is -0.260. The summed E-state index contributed by atoms with van der Waals surface area (Å²) in [5.41, 5.74) is 0.399. The predicted molar refractivity (Wildman–Crippen MR) is 64.0 cm³/mol. The van der Waals surface area contributed by atoms with Crippen LogP contribution in [0.15, 0.2) is 18.2 Å². The van der Waals surface area contributed by atoms with Gasteiger partial charge >= 0.3 is 0 Å². The molecule has 2 atom stereocenters. The third-order valence-electron chi connectivity index (χ3n) is 3.35. The number of phenolic OH excluding ortho intramolecular Hbond substituents is 2. The second-order valence-electron chi connectivity index (χ2n) is 4.86. The molecule has 17 heavy (non-hydrogen) atoms. The van der Waals surface area contributed by atoms with Crippen molar-refractivity contribution in [3.05, 3.63) is 23.8 Å². The van der Waals surface area contributed by atoms with Crippen LogP contribution in [0.25, 0.3) is 0 Å². The normalized spacial score (nSPS) is 22.2. The van der Waals surface area contributed by atoms with Crippen LogP contribution >= 0.6 is 0 Å². The van der Waals surface area contributed by atoms with Crippen molar-refractivity contribution in [2.75, 3.05) is 13.6 Å². The minimum absolute atomic E-state index is 0.126. The van der Waals surface area contributed by atoms with Gasteiger partial charge in [-0.3, -0.25) is 4.79 Å². The molecule has 2 N–H and O–H groups in total. The summed E-state index contributed by atoms with van der Waals surface area (Å²) in [6.07, 6.45) is 1.18. The fourth-order valence-electron chi connectivity index (χ4n) is 1.96. The number of hydrogen-bond donors (Lipinski definition) is 2. The average Bonchev–Trinajstić information content (AvgIpc) is 2.97. The Morgan fingerprint density at radius 3 is 2.59 bits per heavy atom. The molecule has 1 aliphatic rings. The van der Waals surface area contributed by atoms with Crippen molar-refractivity contribution in [2.45, 2.75) is 13.3 Å². The summed E-state index contributed by atoms with van der Waals surface area (Å²) in [5, 5.41) is 18.5. The van der Waals surface area contributed by atoms with Gasteiger partial charge in [0.25, 0.3) is 5.91 Å². The van der Waals surface area contributed by atoms with Gasteiger partial charge in [-0.25, -0.2) is 0 Å². The fraction of sp³-hybridized carbons (Fsp3) is 0.462. The second kappa shape index (κ2) is 4.28. The first-order valence-electron chi connectivity index (χ1n) is 5.76. The number of amides is 1. The van der Waals surface area contributed by atoms with E-state index in [1.807, 2.05) is 0 Å². The number of carbonyl (C=O) groups excluding carboxylic acids is 1. The first-order chi connectivity index (χ1) is 7.99. The number of benzene rings is 1. The van der Waals surface area contributed by atoms with Gasteiger partial charge < -0.3 is 15.1 Å². The van der Waals surface area contributed by atoms with Gasteiger partial charge in [0.05, 0.1) is 0 Å². The van der Waals surface area contributed by atoms with Crippen LogP contribution in [-0.2, 0) is 0 Å². The van der Waals surface area contributed by atoms with E-state index in [1.165, 1.54) is 24.6 Å². The zero-order chi connectivity index (χ0) is 12.6. The Bertz CT molecular complexity index is 444. The number of rotatable bonds is 3. The number of aromatic hydroxyl groups is 2. The highest BCUT2D eigenvalue weighted by Gasteiger charge is 2.34. The first kappa shape index (κ1) is 11.8. The van der Waals surface area contributed by atoms with E-state index in [4.69, 9.17) is 0 Å². The molecule has 0 spiro atoms. The van der Waals surface area contributed by atoms with Crippen molar-refractivity contribution in [3.63, 3.8) is 0 Å². The number of carbonyl (C=O) groups is 1. The smallest absolute Gasteiger partial charge is 0.253 e. The summed E-state index contributed by atoms with van der Waals surface area (Å²) in [6.45, 7) is 2.93. The maximum Gasteiger partial charge on any atom is 0.253 e. The Morgan fingerprint density at radius 2 is 2.06 bits per heavy atom. The van der Waals surface area contributed by atoms with Crippen molar-refractivity contribution < 1.29 is 15.0 Å². The van der Waals surface area contributed by atoms with Crippen molar-refractivity contribution in [1.29, 1.82) is 0 Å². The van der Waals surface area contributed by atoms with E-state index in [1.54, 1.807) is 11.9 Å². The molecule has 0 bridgehead atoms. The molecule has 0 saturated heterocycles. The van der Waals surface area contributed by atoms with E-state index in [-0.39, 0.29) is 17.4 Å². The molecule has 1 aromatic carbocycles. The molecule has 4 nitrogen and oxygen atoms in total. The highest BCUT2D eigenvalue weighted by atomic mass is 16.3. The summed E-state index contributed by atoms with van der Waals surface area (Å²) in [7, 11) is 1.76. The van der Waals surface area contributed by atoms with Crippen LogP contribution in [0, 0.1) is 11.8 Å². The van der Waals surface area contributed by atoms with Crippen LogP contribution in [0.3, 0.4) is 0 Å². The largest absolute Gasteiger partial charge is 0.504 e. The van der Waals surface area contributed by atoms with Gasteiger partial charge in [-0.15, -0.1) is 0 Å². The molecule has 0 aromatic heterocycles. The SMILES string of the molecule is CC1CC1CN(C)C(=O)c1ccc(O)c(O)c1. The van der Waals surface area contributed by atoms with Gasteiger partial charge in [-0.05, 0) is 36.5 Å². The van der Waals surface area contributed by atoms with Crippen molar-refractivity contribution in [3.8, 4) is 11.5 Å². The van der Waals surface area contributed by atoms with Crippen LogP contribution in [0.1, 0.15) is 23.7 Å². The summed E-state index contributed by atoms with van der Waals surface area (Å²) in [4.78, 5) is 13.7. The summed E-state index contributed by atoms with van der Waals surface area (Å²) >= 11 is 0. The Balaban J connectivity index is 2.05. The summed E-state index contributed by atoms with van der Waals surface area (Å²) in [5.74, 6) is 0.719. The third-order valence-corrected chi connectivity index (χ3v) is 3.35. The molecule has 1 saturated carbocycles. The van der Waals surface area contributed by atoms with Crippen LogP contribution in [0.4, 0.5) is 0 Å². The molecule has 2 unspecified atom stereocenters. The third kappa shape index (κ3) is 2.52. The first-order valence-corrected chi connectivity index (χ1v) is 5.76. The van der Waals surface area contributed by atoms with Crippen LogP contribution in [-0.4, -0.2) is 34.6 Å². The highest BCUT2D eigenvalue weighted by Crippen LogP contribution is 2.38. The van der Waals surface area contributed by atoms with Crippen LogP contribution in [0.2, 0.25) is 0 Å². The Morgan fingerprint density at radius 1 is 1.41 bits per heavy atom. The lowest BCUT2D eigenvalue weighted by Gasteiger charge is -2.17. The van der Waals surface area contributed by atoms with E-state index < -0.39 is 0 Å². The maximum absolute atomic E-state index is 12.0. The van der Waals surface area contributed by atoms with E-state index in [0.29, 0.717) is 17.4 Å². The number of phenols is 2. The molecule has 2 rings (SSSR count). The number of nitrogens with zero attached hydrogens (tertiary/aromatic N) is 1. The monoisotopic (exact) mass is 235 g/mol. The van der Waals surface area contributed by atoms with E-state index in [9.17, 15) is 15.0 Å². The van der Waals surface area contributed by atoms with Gasteiger partial charge in [0.2, 0.25) is 0 Å².